The highest BCUT2D eigenvalue weighted by molar-refractivity contribution is 9.10. The monoisotopic (exact) mass is 450 g/mol. The number of piperidine rings is 1. The Bertz CT molecular complexity index is 864. The molecule has 1 fully saturated rings. The first-order chi connectivity index (χ1) is 13.0. The van der Waals surface area contributed by atoms with Gasteiger partial charge in [0.25, 0.3) is 0 Å². The van der Waals surface area contributed by atoms with E-state index < -0.39 is 10.0 Å². The third-order valence-electron chi connectivity index (χ3n) is 4.67. The van der Waals surface area contributed by atoms with Crippen molar-refractivity contribution in [3.05, 3.63) is 64.6 Å². The molecular weight excluding hydrogens is 428 g/mol. The molecule has 0 bridgehead atoms. The van der Waals surface area contributed by atoms with Crippen molar-refractivity contribution < 1.29 is 13.2 Å². The van der Waals surface area contributed by atoms with E-state index in [0.717, 1.165) is 29.3 Å². The smallest absolute Gasteiger partial charge is 0.243 e. The average molecular weight is 451 g/mol. The first-order valence-corrected chi connectivity index (χ1v) is 11.3. The molecule has 0 saturated carbocycles. The van der Waals surface area contributed by atoms with Gasteiger partial charge >= 0.3 is 0 Å². The largest absolute Gasteiger partial charge is 0.342 e. The molecule has 1 heterocycles. The highest BCUT2D eigenvalue weighted by Gasteiger charge is 2.29. The van der Waals surface area contributed by atoms with Crippen LogP contribution in [0.15, 0.2) is 64.0 Å². The van der Waals surface area contributed by atoms with Crippen molar-refractivity contribution in [2.24, 2.45) is 0 Å². The van der Waals surface area contributed by atoms with E-state index in [1.807, 2.05) is 30.3 Å². The molecule has 0 radical (unpaired) electrons. The number of carbonyl (C=O) groups is 1. The molecule has 0 atom stereocenters. The van der Waals surface area contributed by atoms with E-state index in [0.29, 0.717) is 13.1 Å². The molecule has 2 aromatic carbocycles. The van der Waals surface area contributed by atoms with Gasteiger partial charge in [0.05, 0.1) is 11.4 Å². The highest BCUT2D eigenvalue weighted by atomic mass is 79.9. The van der Waals surface area contributed by atoms with Gasteiger partial charge in [-0.05, 0) is 49.1 Å². The fourth-order valence-corrected chi connectivity index (χ4v) is 4.80. The van der Waals surface area contributed by atoms with Crippen molar-refractivity contribution in [1.29, 1.82) is 0 Å². The number of benzene rings is 2. The highest BCUT2D eigenvalue weighted by Crippen LogP contribution is 2.21. The summed E-state index contributed by atoms with van der Waals surface area (Å²) < 4.78 is 28.5. The van der Waals surface area contributed by atoms with Crippen molar-refractivity contribution in [3.63, 3.8) is 0 Å². The first-order valence-electron chi connectivity index (χ1n) is 9.04. The topological polar surface area (TPSA) is 57.7 Å². The minimum Gasteiger partial charge on any atom is -0.342 e. The number of carbonyl (C=O) groups excluding carboxylic acids is 1. The van der Waals surface area contributed by atoms with Crippen LogP contribution in [0.25, 0.3) is 0 Å². The number of likely N-dealkylation sites (tertiary alicyclic amines) is 1. The van der Waals surface area contributed by atoms with Crippen molar-refractivity contribution in [3.8, 4) is 0 Å². The third-order valence-corrected chi connectivity index (χ3v) is 7.01. The molecule has 1 aliphatic rings. The van der Waals surface area contributed by atoms with E-state index in [9.17, 15) is 13.2 Å². The zero-order valence-electron chi connectivity index (χ0n) is 15.1. The predicted octanol–water partition coefficient (Wildman–Crippen LogP) is 3.65. The second-order valence-electron chi connectivity index (χ2n) is 6.65. The number of hydrogen-bond acceptors (Lipinski definition) is 3. The van der Waals surface area contributed by atoms with Crippen LogP contribution in [-0.2, 0) is 21.4 Å². The van der Waals surface area contributed by atoms with Gasteiger partial charge in [-0.3, -0.25) is 4.79 Å². The zero-order chi connectivity index (χ0) is 19.3. The molecule has 0 unspecified atom stereocenters. The minimum atomic E-state index is -3.78. The molecule has 0 aliphatic carbocycles. The lowest BCUT2D eigenvalue weighted by Gasteiger charge is -2.29. The summed E-state index contributed by atoms with van der Waals surface area (Å²) in [6, 6.07) is 15.9. The van der Waals surface area contributed by atoms with E-state index in [2.05, 4.69) is 15.9 Å². The van der Waals surface area contributed by atoms with Crippen LogP contribution in [0.1, 0.15) is 24.8 Å². The second-order valence-corrected chi connectivity index (χ2v) is 9.51. The summed E-state index contributed by atoms with van der Waals surface area (Å²) >= 11 is 3.33. The van der Waals surface area contributed by atoms with E-state index in [1.165, 1.54) is 4.31 Å². The first kappa shape index (κ1) is 20.0. The van der Waals surface area contributed by atoms with Crippen LogP contribution in [0.2, 0.25) is 0 Å². The molecular formula is C20H23BrN2O3S. The maximum absolute atomic E-state index is 13.2. The number of halogens is 1. The Hall–Kier alpha value is -1.70. The third kappa shape index (κ3) is 5.18. The number of rotatable bonds is 6. The van der Waals surface area contributed by atoms with Crippen LogP contribution >= 0.6 is 15.9 Å². The van der Waals surface area contributed by atoms with Gasteiger partial charge in [-0.1, -0.05) is 46.3 Å². The molecule has 0 N–H and O–H groups in total. The Balaban J connectivity index is 1.86. The van der Waals surface area contributed by atoms with Gasteiger partial charge in [0, 0.05) is 24.1 Å². The molecule has 144 valence electrons. The van der Waals surface area contributed by atoms with E-state index in [4.69, 9.17) is 0 Å². The minimum absolute atomic E-state index is 0.133. The Morgan fingerprint density at radius 2 is 1.59 bits per heavy atom. The molecule has 1 aliphatic heterocycles. The van der Waals surface area contributed by atoms with Gasteiger partial charge in [-0.25, -0.2) is 8.42 Å². The maximum Gasteiger partial charge on any atom is 0.243 e. The van der Waals surface area contributed by atoms with Crippen LogP contribution in [0.3, 0.4) is 0 Å². The Morgan fingerprint density at radius 1 is 0.963 bits per heavy atom. The summed E-state index contributed by atoms with van der Waals surface area (Å²) in [6.45, 7) is 1.43. The summed E-state index contributed by atoms with van der Waals surface area (Å²) in [6.07, 6.45) is 3.07. The Kier molecular flexibility index (Phi) is 6.68. The van der Waals surface area contributed by atoms with Crippen LogP contribution in [-0.4, -0.2) is 43.2 Å². The van der Waals surface area contributed by atoms with Crippen molar-refractivity contribution in [2.45, 2.75) is 30.7 Å². The lowest BCUT2D eigenvalue weighted by molar-refractivity contribution is -0.132. The molecule has 3 rings (SSSR count). The van der Waals surface area contributed by atoms with E-state index in [-0.39, 0.29) is 23.9 Å². The van der Waals surface area contributed by atoms with Gasteiger partial charge in [-0.2, -0.15) is 4.31 Å². The van der Waals surface area contributed by atoms with Crippen molar-refractivity contribution in [2.75, 3.05) is 19.6 Å². The van der Waals surface area contributed by atoms with Gasteiger partial charge in [0.2, 0.25) is 15.9 Å². The van der Waals surface area contributed by atoms with Gasteiger partial charge in [0.15, 0.2) is 0 Å². The lowest BCUT2D eigenvalue weighted by Crippen LogP contribution is -2.44. The molecule has 7 heteroatoms. The van der Waals surface area contributed by atoms with Crippen LogP contribution < -0.4 is 0 Å². The number of sulfonamides is 1. The molecule has 0 spiro atoms. The molecule has 1 amide bonds. The second kappa shape index (κ2) is 8.99. The summed E-state index contributed by atoms with van der Waals surface area (Å²) in [5, 5.41) is 0. The number of nitrogens with zero attached hydrogens (tertiary/aromatic N) is 2. The average Bonchev–Trinajstić information content (AvgIpc) is 2.69. The predicted molar refractivity (Wildman–Crippen MR) is 109 cm³/mol. The molecule has 1 saturated heterocycles. The fraction of sp³-hybridized carbons (Fsp3) is 0.350. The summed E-state index contributed by atoms with van der Waals surface area (Å²) in [5.74, 6) is -0.133. The van der Waals surface area contributed by atoms with E-state index >= 15 is 0 Å². The van der Waals surface area contributed by atoms with Crippen LogP contribution in [0.4, 0.5) is 0 Å². The lowest BCUT2D eigenvalue weighted by atomic mass is 10.1. The maximum atomic E-state index is 13.2. The molecule has 0 aromatic heterocycles. The molecule has 2 aromatic rings. The summed E-state index contributed by atoms with van der Waals surface area (Å²) in [4.78, 5) is 14.7. The van der Waals surface area contributed by atoms with Crippen molar-refractivity contribution in [1.82, 2.24) is 9.21 Å². The number of amides is 1. The summed E-state index contributed by atoms with van der Waals surface area (Å²) in [5.41, 5.74) is 0.852. The zero-order valence-corrected chi connectivity index (χ0v) is 17.5. The molecule has 27 heavy (non-hydrogen) atoms. The summed E-state index contributed by atoms with van der Waals surface area (Å²) in [7, 11) is -3.78. The van der Waals surface area contributed by atoms with Crippen molar-refractivity contribution >= 4 is 31.9 Å². The normalized spacial score (nSPS) is 15.1. The van der Waals surface area contributed by atoms with Gasteiger partial charge < -0.3 is 4.90 Å². The Morgan fingerprint density at radius 3 is 2.22 bits per heavy atom. The van der Waals surface area contributed by atoms with Crippen LogP contribution in [0, 0.1) is 0 Å². The van der Waals surface area contributed by atoms with Gasteiger partial charge in [-0.15, -0.1) is 0 Å². The van der Waals surface area contributed by atoms with E-state index in [1.54, 1.807) is 29.2 Å². The quantitative estimate of drug-likeness (QED) is 0.674. The number of hydrogen-bond donors (Lipinski definition) is 0. The fourth-order valence-electron chi connectivity index (χ4n) is 3.16. The standard InChI is InChI=1S/C20H23BrN2O3S/c21-18-9-11-19(12-10-18)27(25,26)23(15-17-7-3-1-4-8-17)16-20(24)22-13-5-2-6-14-22/h1,3-4,7-12H,2,5-6,13-16H2. The Labute approximate surface area is 169 Å². The van der Waals surface area contributed by atoms with Gasteiger partial charge in [0.1, 0.15) is 0 Å². The SMILES string of the molecule is O=C(CN(Cc1ccccc1)S(=O)(=O)c1ccc(Br)cc1)N1CCCCC1. The van der Waals surface area contributed by atoms with Crippen LogP contribution in [0.5, 0.6) is 0 Å². The molecule has 5 nitrogen and oxygen atoms in total.